The molecule has 5 rings (SSSR count). The summed E-state index contributed by atoms with van der Waals surface area (Å²) in [5.41, 5.74) is 1.86. The minimum Gasteiger partial charge on any atom is -0.351 e. The van der Waals surface area contributed by atoms with Gasteiger partial charge in [-0.1, -0.05) is 0 Å². The van der Waals surface area contributed by atoms with E-state index in [4.69, 9.17) is 0 Å². The second-order valence-electron chi connectivity index (χ2n) is 6.43. The quantitative estimate of drug-likeness (QED) is 0.665. The van der Waals surface area contributed by atoms with Crippen molar-refractivity contribution in [3.05, 3.63) is 29.5 Å². The molecule has 0 bridgehead atoms. The maximum absolute atomic E-state index is 4.59. The highest BCUT2D eigenvalue weighted by Gasteiger charge is 2.28. The fraction of sp³-hybridized carbons (Fsp3) is 0.438. The first-order valence-electron chi connectivity index (χ1n) is 8.44. The van der Waals surface area contributed by atoms with Crippen LogP contribution in [0.4, 0.5) is 11.8 Å². The van der Waals surface area contributed by atoms with Crippen LogP contribution in [0.15, 0.2) is 29.5 Å². The summed E-state index contributed by atoms with van der Waals surface area (Å²) in [6, 6.07) is 0.569. The third kappa shape index (κ3) is 2.72. The summed E-state index contributed by atoms with van der Waals surface area (Å²) in [6.07, 6.45) is 9.57. The van der Waals surface area contributed by atoms with E-state index in [9.17, 15) is 0 Å². The second-order valence-corrected chi connectivity index (χ2v) is 7.34. The van der Waals surface area contributed by atoms with Crippen molar-refractivity contribution in [2.45, 2.75) is 18.9 Å². The number of nitrogens with zero attached hydrogens (tertiary/aromatic N) is 8. The maximum Gasteiger partial charge on any atom is 0.225 e. The Morgan fingerprint density at radius 2 is 1.60 bits per heavy atom. The average molecular weight is 401 g/mol. The van der Waals surface area contributed by atoms with Gasteiger partial charge in [0.2, 0.25) is 5.95 Å². The van der Waals surface area contributed by atoms with Gasteiger partial charge in [-0.3, -0.25) is 0 Å². The van der Waals surface area contributed by atoms with Crippen LogP contribution in [0.5, 0.6) is 0 Å². The first-order chi connectivity index (χ1) is 12.3. The number of hydrogen-bond acceptors (Lipinski definition) is 7. The summed E-state index contributed by atoms with van der Waals surface area (Å²) in [4.78, 5) is 26.8. The minimum absolute atomic E-state index is 0.569. The van der Waals surface area contributed by atoms with Crippen LogP contribution >= 0.6 is 15.9 Å². The maximum atomic E-state index is 4.59. The molecule has 0 radical (unpaired) electrons. The summed E-state index contributed by atoms with van der Waals surface area (Å²) in [5.74, 6) is 1.70. The van der Waals surface area contributed by atoms with Crippen LogP contribution in [0.1, 0.15) is 18.9 Å². The van der Waals surface area contributed by atoms with Gasteiger partial charge >= 0.3 is 0 Å². The number of anilines is 2. The van der Waals surface area contributed by atoms with Crippen molar-refractivity contribution < 1.29 is 0 Å². The summed E-state index contributed by atoms with van der Waals surface area (Å²) >= 11 is 3.37. The normalized spacial score (nSPS) is 18.1. The van der Waals surface area contributed by atoms with E-state index in [2.05, 4.69) is 55.2 Å². The molecule has 0 N–H and O–H groups in total. The Morgan fingerprint density at radius 1 is 0.880 bits per heavy atom. The molecule has 2 aliphatic rings. The molecule has 0 unspecified atom stereocenters. The molecule has 0 atom stereocenters. The molecule has 2 fully saturated rings. The van der Waals surface area contributed by atoms with Gasteiger partial charge in [0.15, 0.2) is 17.0 Å². The summed E-state index contributed by atoms with van der Waals surface area (Å²) < 4.78 is 3.08. The average Bonchev–Trinajstić information content (AvgIpc) is 3.41. The highest BCUT2D eigenvalue weighted by molar-refractivity contribution is 9.10. The Hall–Kier alpha value is -2.29. The van der Waals surface area contributed by atoms with E-state index in [0.29, 0.717) is 6.04 Å². The molecule has 1 saturated heterocycles. The second kappa shape index (κ2) is 5.91. The zero-order valence-electron chi connectivity index (χ0n) is 13.6. The van der Waals surface area contributed by atoms with Crippen molar-refractivity contribution in [2.75, 3.05) is 36.0 Å². The number of hydrogen-bond donors (Lipinski definition) is 0. The zero-order valence-corrected chi connectivity index (χ0v) is 15.2. The summed E-state index contributed by atoms with van der Waals surface area (Å²) in [5, 5.41) is 0. The van der Waals surface area contributed by atoms with Gasteiger partial charge in [-0.05, 0) is 28.8 Å². The van der Waals surface area contributed by atoms with Crippen molar-refractivity contribution in [2.24, 2.45) is 0 Å². The molecular formula is C16H17BrN8. The number of rotatable bonds is 3. The number of halogens is 1. The van der Waals surface area contributed by atoms with E-state index in [1.165, 1.54) is 12.8 Å². The standard InChI is InChI=1S/C16H17BrN8/c17-11-7-18-16(19-8-11)24-5-3-23(4-6-24)14-13-15(21-9-20-14)25(10-22-13)12-1-2-12/h7-10,12H,1-6H2. The first-order valence-corrected chi connectivity index (χ1v) is 9.24. The lowest BCUT2D eigenvalue weighted by atomic mass is 10.3. The highest BCUT2D eigenvalue weighted by Crippen LogP contribution is 2.37. The van der Waals surface area contributed by atoms with Crippen LogP contribution in [0.3, 0.4) is 0 Å². The Bertz CT molecular complexity index is 896. The van der Waals surface area contributed by atoms with E-state index in [-0.39, 0.29) is 0 Å². The fourth-order valence-corrected chi connectivity index (χ4v) is 3.48. The molecule has 8 nitrogen and oxygen atoms in total. The number of piperazine rings is 1. The van der Waals surface area contributed by atoms with Gasteiger partial charge in [-0.15, -0.1) is 0 Å². The van der Waals surface area contributed by atoms with Crippen molar-refractivity contribution in [1.82, 2.24) is 29.5 Å². The molecule has 25 heavy (non-hydrogen) atoms. The predicted molar refractivity (Wildman–Crippen MR) is 97.8 cm³/mol. The number of imidazole rings is 1. The van der Waals surface area contributed by atoms with Crippen molar-refractivity contribution in [3.8, 4) is 0 Å². The lowest BCUT2D eigenvalue weighted by Gasteiger charge is -2.35. The molecule has 0 aromatic carbocycles. The van der Waals surface area contributed by atoms with E-state index in [1.54, 1.807) is 18.7 Å². The number of aromatic nitrogens is 6. The molecule has 1 saturated carbocycles. The van der Waals surface area contributed by atoms with Crippen LogP contribution in [-0.2, 0) is 0 Å². The topological polar surface area (TPSA) is 75.9 Å². The van der Waals surface area contributed by atoms with E-state index >= 15 is 0 Å². The van der Waals surface area contributed by atoms with Gasteiger partial charge in [-0.25, -0.2) is 24.9 Å². The molecule has 4 heterocycles. The Morgan fingerprint density at radius 3 is 2.32 bits per heavy atom. The molecule has 128 valence electrons. The predicted octanol–water partition coefficient (Wildman–Crippen LogP) is 2.04. The third-order valence-electron chi connectivity index (χ3n) is 4.75. The van der Waals surface area contributed by atoms with Gasteiger partial charge in [0.25, 0.3) is 0 Å². The van der Waals surface area contributed by atoms with Crippen LogP contribution in [-0.4, -0.2) is 55.7 Å². The summed E-state index contributed by atoms with van der Waals surface area (Å²) in [6.45, 7) is 3.44. The van der Waals surface area contributed by atoms with E-state index < -0.39 is 0 Å². The summed E-state index contributed by atoms with van der Waals surface area (Å²) in [7, 11) is 0. The molecule has 0 spiro atoms. The Labute approximate surface area is 153 Å². The molecule has 0 amide bonds. The SMILES string of the molecule is Brc1cnc(N2CCN(c3ncnc4c3ncn4C3CC3)CC2)nc1. The van der Waals surface area contributed by atoms with Crippen LogP contribution < -0.4 is 9.80 Å². The molecule has 1 aliphatic carbocycles. The highest BCUT2D eigenvalue weighted by atomic mass is 79.9. The molecule has 3 aromatic rings. The van der Waals surface area contributed by atoms with Crippen molar-refractivity contribution >= 4 is 38.9 Å². The lowest BCUT2D eigenvalue weighted by Crippen LogP contribution is -2.47. The van der Waals surface area contributed by atoms with E-state index in [0.717, 1.165) is 53.6 Å². The van der Waals surface area contributed by atoms with Crippen LogP contribution in [0.2, 0.25) is 0 Å². The van der Waals surface area contributed by atoms with Gasteiger partial charge < -0.3 is 14.4 Å². The molecule has 3 aromatic heterocycles. The van der Waals surface area contributed by atoms with Crippen molar-refractivity contribution in [3.63, 3.8) is 0 Å². The Balaban J connectivity index is 1.37. The van der Waals surface area contributed by atoms with Crippen molar-refractivity contribution in [1.29, 1.82) is 0 Å². The van der Waals surface area contributed by atoms with Crippen LogP contribution in [0.25, 0.3) is 11.2 Å². The van der Waals surface area contributed by atoms with Gasteiger partial charge in [0.05, 0.1) is 10.8 Å². The van der Waals surface area contributed by atoms with E-state index in [1.807, 2.05) is 6.33 Å². The minimum atomic E-state index is 0.569. The van der Waals surface area contributed by atoms with Crippen LogP contribution in [0, 0.1) is 0 Å². The zero-order chi connectivity index (χ0) is 16.8. The fourth-order valence-electron chi connectivity index (χ4n) is 3.28. The molecule has 1 aliphatic heterocycles. The lowest BCUT2D eigenvalue weighted by molar-refractivity contribution is 0.635. The monoisotopic (exact) mass is 400 g/mol. The van der Waals surface area contributed by atoms with Gasteiger partial charge in [-0.2, -0.15) is 0 Å². The Kier molecular flexibility index (Phi) is 3.54. The van der Waals surface area contributed by atoms with Gasteiger partial charge in [0.1, 0.15) is 6.33 Å². The molecular weight excluding hydrogens is 384 g/mol. The third-order valence-corrected chi connectivity index (χ3v) is 5.16. The number of fused-ring (bicyclic) bond motifs is 1. The first kappa shape index (κ1) is 15.0. The smallest absolute Gasteiger partial charge is 0.225 e. The molecule has 9 heteroatoms. The van der Waals surface area contributed by atoms with Gasteiger partial charge in [0, 0.05) is 44.6 Å². The largest absolute Gasteiger partial charge is 0.351 e.